The van der Waals surface area contributed by atoms with Gasteiger partial charge in [0.05, 0.1) is 5.60 Å². The second-order valence-electron chi connectivity index (χ2n) is 10.5. The van der Waals surface area contributed by atoms with Crippen molar-refractivity contribution in [2.75, 3.05) is 0 Å². The van der Waals surface area contributed by atoms with E-state index in [1.807, 2.05) is 0 Å². The van der Waals surface area contributed by atoms with Gasteiger partial charge in [-0.15, -0.1) is 0 Å². The van der Waals surface area contributed by atoms with Crippen LogP contribution in [0.2, 0.25) is 0 Å². The van der Waals surface area contributed by atoms with Crippen molar-refractivity contribution >= 4 is 0 Å². The third kappa shape index (κ3) is 16.7. The summed E-state index contributed by atoms with van der Waals surface area (Å²) < 4.78 is 15.8. The zero-order valence-electron chi connectivity index (χ0n) is 22.2. The van der Waals surface area contributed by atoms with Crippen molar-refractivity contribution in [2.45, 2.75) is 150 Å². The number of rotatable bonds is 19. The molecule has 0 fully saturated rings. The van der Waals surface area contributed by atoms with Crippen LogP contribution in [0.3, 0.4) is 0 Å². The first-order chi connectivity index (χ1) is 14.7. The van der Waals surface area contributed by atoms with Crippen molar-refractivity contribution in [2.24, 2.45) is 23.7 Å². The summed E-state index contributed by atoms with van der Waals surface area (Å²) in [5.74, 6) is 1.62. The van der Waals surface area contributed by atoms with Gasteiger partial charge in [0.1, 0.15) is 0 Å². The average Bonchev–Trinajstić information content (AvgIpc) is 2.70. The SMILES string of the molecule is CCCCCCCCCCCCCCCCC(C(C)C)C(O)(C(C)C)C(C)C.[O]=[Ti][OH]. The molecule has 0 radical (unpaired) electrons. The Balaban J connectivity index is 0. The zero-order valence-corrected chi connectivity index (χ0v) is 23.8. The van der Waals surface area contributed by atoms with Gasteiger partial charge in [-0.3, -0.25) is 0 Å². The summed E-state index contributed by atoms with van der Waals surface area (Å²) in [6.45, 7) is 15.7. The summed E-state index contributed by atoms with van der Waals surface area (Å²) in [5.41, 5.74) is -0.523. The maximum atomic E-state index is 11.4. The van der Waals surface area contributed by atoms with E-state index in [1.54, 1.807) is 0 Å². The number of hydrogen-bond donors (Lipinski definition) is 2. The maximum absolute atomic E-state index is 11.4. The summed E-state index contributed by atoms with van der Waals surface area (Å²) in [6, 6.07) is 0. The first-order valence-electron chi connectivity index (χ1n) is 13.4. The van der Waals surface area contributed by atoms with Gasteiger partial charge in [-0.25, -0.2) is 0 Å². The Kier molecular flexibility index (Phi) is 24.1. The van der Waals surface area contributed by atoms with Gasteiger partial charge >= 0.3 is 26.5 Å². The second kappa shape index (κ2) is 22.2. The fraction of sp³-hybridized carbons (Fsp3) is 1.00. The van der Waals surface area contributed by atoms with Crippen LogP contribution in [0.15, 0.2) is 0 Å². The molecular formula is C27H57O3Ti. The molecule has 0 saturated carbocycles. The van der Waals surface area contributed by atoms with Crippen LogP contribution in [-0.2, 0) is 22.8 Å². The summed E-state index contributed by atoms with van der Waals surface area (Å²) in [5, 5.41) is 11.4. The summed E-state index contributed by atoms with van der Waals surface area (Å²) in [6.07, 6.45) is 20.9. The molecule has 0 aromatic carbocycles. The van der Waals surface area contributed by atoms with E-state index in [0.29, 0.717) is 23.7 Å². The van der Waals surface area contributed by atoms with Crippen molar-refractivity contribution in [3.63, 3.8) is 0 Å². The van der Waals surface area contributed by atoms with Gasteiger partial charge in [0.2, 0.25) is 0 Å². The first kappa shape index (κ1) is 33.6. The quantitative estimate of drug-likeness (QED) is 0.145. The van der Waals surface area contributed by atoms with Crippen LogP contribution in [-0.4, -0.2) is 14.4 Å². The van der Waals surface area contributed by atoms with E-state index >= 15 is 0 Å². The molecule has 2 N–H and O–H groups in total. The minimum absolute atomic E-state index is 0.326. The molecule has 3 nitrogen and oxygen atoms in total. The molecule has 0 aliphatic heterocycles. The van der Waals surface area contributed by atoms with Gasteiger partial charge in [-0.1, -0.05) is 138 Å². The van der Waals surface area contributed by atoms with Crippen LogP contribution < -0.4 is 0 Å². The van der Waals surface area contributed by atoms with E-state index in [1.165, 1.54) is 96.3 Å². The van der Waals surface area contributed by atoms with E-state index < -0.39 is 25.1 Å². The minimum atomic E-state index is -1.75. The summed E-state index contributed by atoms with van der Waals surface area (Å²) >= 11 is -1.75. The molecule has 0 aromatic heterocycles. The van der Waals surface area contributed by atoms with Gasteiger partial charge in [0.15, 0.2) is 0 Å². The Morgan fingerprint density at radius 3 is 1.19 bits per heavy atom. The van der Waals surface area contributed by atoms with Crippen molar-refractivity contribution in [1.29, 1.82) is 0 Å². The Hall–Kier alpha value is 0.434. The van der Waals surface area contributed by atoms with Crippen molar-refractivity contribution in [3.05, 3.63) is 0 Å². The molecule has 4 heteroatoms. The zero-order chi connectivity index (χ0) is 24.1. The monoisotopic (exact) mass is 477 g/mol. The van der Waals surface area contributed by atoms with Crippen LogP contribution in [0.5, 0.6) is 0 Å². The topological polar surface area (TPSA) is 57.5 Å². The van der Waals surface area contributed by atoms with Crippen LogP contribution in [0.25, 0.3) is 0 Å². The van der Waals surface area contributed by atoms with Gasteiger partial charge in [0.25, 0.3) is 0 Å². The Labute approximate surface area is 205 Å². The standard InChI is InChI=1S/C27H56O.H2O.O.Ti/c1-8-9-10-11-12-13-14-15-16-17-18-19-20-21-22-26(23(2)3)27(28,24(4)5)25(6)7;;;/h23-26,28H,8-22H2,1-7H3;1H2;;/q;;;+1/p-1. The Morgan fingerprint density at radius 1 is 0.645 bits per heavy atom. The molecule has 0 heterocycles. The molecule has 1 atom stereocenters. The molecule has 0 aliphatic rings. The molecule has 0 saturated heterocycles. The van der Waals surface area contributed by atoms with Crippen LogP contribution >= 0.6 is 0 Å². The molecule has 0 rings (SSSR count). The molecule has 0 amide bonds. The van der Waals surface area contributed by atoms with Crippen molar-refractivity contribution in [3.8, 4) is 0 Å². The van der Waals surface area contributed by atoms with E-state index in [-0.39, 0.29) is 0 Å². The first-order valence-corrected chi connectivity index (χ1v) is 14.8. The van der Waals surface area contributed by atoms with Crippen molar-refractivity contribution in [1.82, 2.24) is 0 Å². The Bertz CT molecular complexity index is 375. The molecule has 187 valence electrons. The van der Waals surface area contributed by atoms with E-state index in [9.17, 15) is 5.11 Å². The molecule has 1 unspecified atom stereocenters. The molecule has 0 aliphatic carbocycles. The third-order valence-electron chi connectivity index (χ3n) is 7.12. The van der Waals surface area contributed by atoms with Crippen LogP contribution in [0, 0.1) is 23.7 Å². The van der Waals surface area contributed by atoms with Gasteiger partial charge in [-0.2, -0.15) is 0 Å². The normalized spacial score (nSPS) is 12.8. The average molecular weight is 478 g/mol. The molecular weight excluding hydrogens is 420 g/mol. The Morgan fingerprint density at radius 2 is 0.935 bits per heavy atom. The van der Waals surface area contributed by atoms with E-state index in [0.717, 1.165) is 0 Å². The number of hydrogen-bond acceptors (Lipinski definition) is 2. The van der Waals surface area contributed by atoms with E-state index in [2.05, 4.69) is 48.5 Å². The third-order valence-corrected chi connectivity index (χ3v) is 7.12. The predicted octanol–water partition coefficient (Wildman–Crippen LogP) is 8.49. The fourth-order valence-electron chi connectivity index (χ4n) is 5.18. The van der Waals surface area contributed by atoms with Crippen molar-refractivity contribution < 1.29 is 31.6 Å². The summed E-state index contributed by atoms with van der Waals surface area (Å²) in [7, 11) is 0. The number of unbranched alkanes of at least 4 members (excludes halogenated alkanes) is 13. The van der Waals surface area contributed by atoms with Gasteiger partial charge in [-0.05, 0) is 30.1 Å². The molecule has 31 heavy (non-hydrogen) atoms. The predicted molar refractivity (Wildman–Crippen MR) is 131 cm³/mol. The van der Waals surface area contributed by atoms with Crippen LogP contribution in [0.4, 0.5) is 0 Å². The van der Waals surface area contributed by atoms with Gasteiger partial charge < -0.3 is 5.11 Å². The molecule has 0 spiro atoms. The summed E-state index contributed by atoms with van der Waals surface area (Å²) in [4.78, 5) is 0. The molecule has 0 aromatic rings. The second-order valence-corrected chi connectivity index (χ2v) is 10.8. The van der Waals surface area contributed by atoms with Crippen LogP contribution in [0.1, 0.15) is 145 Å². The fourth-order valence-corrected chi connectivity index (χ4v) is 5.18. The van der Waals surface area contributed by atoms with Gasteiger partial charge in [0, 0.05) is 0 Å². The van der Waals surface area contributed by atoms with E-state index in [4.69, 9.17) is 7.01 Å². The molecule has 0 bridgehead atoms. The number of aliphatic hydroxyl groups is 1.